The van der Waals surface area contributed by atoms with Crippen molar-refractivity contribution in [2.45, 2.75) is 39.7 Å². The molecule has 0 radical (unpaired) electrons. The third-order valence-corrected chi connectivity index (χ3v) is 7.61. The Labute approximate surface area is 192 Å². The molecule has 32 heavy (non-hydrogen) atoms. The van der Waals surface area contributed by atoms with Crippen molar-refractivity contribution < 1.29 is 13.2 Å². The lowest BCUT2D eigenvalue weighted by atomic mass is 10.1. The van der Waals surface area contributed by atoms with Crippen LogP contribution in [0.5, 0.6) is 0 Å². The molecule has 0 atom stereocenters. The van der Waals surface area contributed by atoms with Gasteiger partial charge in [-0.1, -0.05) is 24.3 Å². The van der Waals surface area contributed by atoms with Crippen LogP contribution in [-0.4, -0.2) is 52.4 Å². The third kappa shape index (κ3) is 5.81. The predicted octanol–water partition coefficient (Wildman–Crippen LogP) is 3.22. The fraction of sp³-hybridized carbons (Fsp3) is 0.458. The summed E-state index contributed by atoms with van der Waals surface area (Å²) in [4.78, 5) is 15.1. The molecule has 2 aromatic carbocycles. The number of anilines is 2. The zero-order valence-corrected chi connectivity index (χ0v) is 20.3. The van der Waals surface area contributed by atoms with Gasteiger partial charge in [0, 0.05) is 39.4 Å². The minimum absolute atomic E-state index is 0.281. The first kappa shape index (κ1) is 24.1. The second-order valence-electron chi connectivity index (χ2n) is 8.58. The molecule has 0 spiro atoms. The molecule has 2 aromatic rings. The monoisotopic (exact) mass is 458 g/mol. The molecular weight excluding hydrogens is 424 g/mol. The normalized spacial score (nSPS) is 14.5. The van der Waals surface area contributed by atoms with Crippen LogP contribution in [0.4, 0.5) is 11.4 Å². The maximum Gasteiger partial charge on any atom is 0.304 e. The van der Waals surface area contributed by atoms with Gasteiger partial charge >= 0.3 is 10.2 Å². The zero-order valence-electron chi connectivity index (χ0n) is 19.5. The number of piperidine rings is 1. The van der Waals surface area contributed by atoms with Gasteiger partial charge in [-0.25, -0.2) is 4.31 Å². The molecule has 0 aromatic heterocycles. The zero-order chi connectivity index (χ0) is 23.3. The van der Waals surface area contributed by atoms with Gasteiger partial charge in [0.25, 0.3) is 0 Å². The molecule has 0 aliphatic carbocycles. The summed E-state index contributed by atoms with van der Waals surface area (Å²) in [6.45, 7) is 5.99. The second kappa shape index (κ2) is 10.4. The summed E-state index contributed by atoms with van der Waals surface area (Å²) in [5.41, 5.74) is 4.42. The molecule has 0 saturated carbocycles. The Balaban J connectivity index is 1.68. The number of hydrogen-bond acceptors (Lipinski definition) is 4. The van der Waals surface area contributed by atoms with E-state index in [0.29, 0.717) is 12.2 Å². The van der Waals surface area contributed by atoms with Crippen molar-refractivity contribution in [3.05, 3.63) is 59.2 Å². The van der Waals surface area contributed by atoms with E-state index in [1.807, 2.05) is 38.1 Å². The summed E-state index contributed by atoms with van der Waals surface area (Å²) in [6.07, 6.45) is 3.75. The Kier molecular flexibility index (Phi) is 7.79. The minimum atomic E-state index is -3.83. The van der Waals surface area contributed by atoms with E-state index in [0.717, 1.165) is 34.1 Å². The van der Waals surface area contributed by atoms with Crippen molar-refractivity contribution in [2.75, 3.05) is 42.9 Å². The molecule has 1 aliphatic rings. The first-order valence-corrected chi connectivity index (χ1v) is 12.5. The largest absolute Gasteiger partial charge is 0.372 e. The standard InChI is InChI=1S/C24H34N4O3S/c1-19-8-9-20(2)23(16-19)28(32(30,31)26(3)4)18-24(29)25-17-21-10-12-22(13-11-21)27-14-6-5-7-15-27/h8-13,16H,5-7,14-15,17-18H2,1-4H3,(H,25,29). The Bertz CT molecular complexity index is 1030. The third-order valence-electron chi connectivity index (χ3n) is 5.81. The lowest BCUT2D eigenvalue weighted by Crippen LogP contribution is -2.46. The van der Waals surface area contributed by atoms with Crippen LogP contribution >= 0.6 is 0 Å². The Morgan fingerprint density at radius 1 is 1.00 bits per heavy atom. The van der Waals surface area contributed by atoms with Gasteiger partial charge in [-0.2, -0.15) is 12.7 Å². The average molecular weight is 459 g/mol. The first-order valence-electron chi connectivity index (χ1n) is 11.1. The molecule has 8 heteroatoms. The minimum Gasteiger partial charge on any atom is -0.372 e. The van der Waals surface area contributed by atoms with E-state index in [9.17, 15) is 13.2 Å². The summed E-state index contributed by atoms with van der Waals surface area (Å²) in [7, 11) is -0.892. The van der Waals surface area contributed by atoms with E-state index in [1.165, 1.54) is 43.4 Å². The first-order chi connectivity index (χ1) is 15.2. The van der Waals surface area contributed by atoms with E-state index in [2.05, 4.69) is 22.3 Å². The molecule has 0 bridgehead atoms. The molecule has 174 valence electrons. The lowest BCUT2D eigenvalue weighted by Gasteiger charge is -2.29. The van der Waals surface area contributed by atoms with Crippen LogP contribution in [0.15, 0.2) is 42.5 Å². The Morgan fingerprint density at radius 3 is 2.28 bits per heavy atom. The molecule has 1 saturated heterocycles. The molecule has 1 fully saturated rings. The highest BCUT2D eigenvalue weighted by atomic mass is 32.2. The molecule has 7 nitrogen and oxygen atoms in total. The van der Waals surface area contributed by atoms with Gasteiger partial charge in [0.05, 0.1) is 5.69 Å². The Hall–Kier alpha value is -2.58. The van der Waals surface area contributed by atoms with E-state index >= 15 is 0 Å². The molecule has 1 N–H and O–H groups in total. The maximum atomic E-state index is 13.0. The van der Waals surface area contributed by atoms with Crippen LogP contribution in [0.1, 0.15) is 36.0 Å². The van der Waals surface area contributed by atoms with E-state index < -0.39 is 10.2 Å². The molecule has 1 heterocycles. The van der Waals surface area contributed by atoms with Gasteiger partial charge < -0.3 is 10.2 Å². The lowest BCUT2D eigenvalue weighted by molar-refractivity contribution is -0.119. The molecular formula is C24H34N4O3S. The quantitative estimate of drug-likeness (QED) is 0.659. The van der Waals surface area contributed by atoms with Gasteiger partial charge in [0.2, 0.25) is 5.91 Å². The second-order valence-corrected chi connectivity index (χ2v) is 10.6. The fourth-order valence-corrected chi connectivity index (χ4v) is 4.96. The number of carbonyl (C=O) groups excluding carboxylic acids is 1. The number of benzene rings is 2. The molecule has 3 rings (SSSR count). The van der Waals surface area contributed by atoms with Crippen molar-refractivity contribution in [1.29, 1.82) is 0 Å². The van der Waals surface area contributed by atoms with Crippen LogP contribution in [0.2, 0.25) is 0 Å². The summed E-state index contributed by atoms with van der Waals surface area (Å²) in [5.74, 6) is -0.351. The highest BCUT2D eigenvalue weighted by Crippen LogP contribution is 2.25. The van der Waals surface area contributed by atoms with Crippen molar-refractivity contribution in [2.24, 2.45) is 0 Å². The van der Waals surface area contributed by atoms with Crippen LogP contribution < -0.4 is 14.5 Å². The van der Waals surface area contributed by atoms with Crippen LogP contribution in [-0.2, 0) is 21.5 Å². The van der Waals surface area contributed by atoms with Crippen LogP contribution in [0, 0.1) is 13.8 Å². The smallest absolute Gasteiger partial charge is 0.304 e. The van der Waals surface area contributed by atoms with Crippen LogP contribution in [0.3, 0.4) is 0 Å². The molecule has 1 amide bonds. The summed E-state index contributed by atoms with van der Waals surface area (Å²) < 4.78 is 28.2. The van der Waals surface area contributed by atoms with Crippen molar-refractivity contribution in [3.63, 3.8) is 0 Å². The maximum absolute atomic E-state index is 13.0. The number of aryl methyl sites for hydroxylation is 2. The average Bonchev–Trinajstić information content (AvgIpc) is 2.78. The SMILES string of the molecule is Cc1ccc(C)c(N(CC(=O)NCc2ccc(N3CCCCC3)cc2)S(=O)(=O)N(C)C)c1. The van der Waals surface area contributed by atoms with Gasteiger partial charge in [-0.15, -0.1) is 0 Å². The van der Waals surface area contributed by atoms with Gasteiger partial charge in [-0.05, 0) is 68.0 Å². The number of nitrogens with zero attached hydrogens (tertiary/aromatic N) is 3. The van der Waals surface area contributed by atoms with E-state index in [-0.39, 0.29) is 12.5 Å². The molecule has 1 aliphatic heterocycles. The van der Waals surface area contributed by atoms with Crippen LogP contribution in [0.25, 0.3) is 0 Å². The van der Waals surface area contributed by atoms with Crippen molar-refractivity contribution in [3.8, 4) is 0 Å². The topological polar surface area (TPSA) is 73.0 Å². The number of amides is 1. The van der Waals surface area contributed by atoms with Crippen molar-refractivity contribution >= 4 is 27.5 Å². The van der Waals surface area contributed by atoms with E-state index in [4.69, 9.17) is 0 Å². The fourth-order valence-electron chi connectivity index (χ4n) is 3.84. The van der Waals surface area contributed by atoms with Gasteiger partial charge in [0.1, 0.15) is 6.54 Å². The van der Waals surface area contributed by atoms with Gasteiger partial charge in [0.15, 0.2) is 0 Å². The molecule has 0 unspecified atom stereocenters. The van der Waals surface area contributed by atoms with Gasteiger partial charge in [-0.3, -0.25) is 4.79 Å². The van der Waals surface area contributed by atoms with Crippen molar-refractivity contribution in [1.82, 2.24) is 9.62 Å². The number of nitrogens with one attached hydrogen (secondary N) is 1. The highest BCUT2D eigenvalue weighted by Gasteiger charge is 2.28. The Morgan fingerprint density at radius 2 is 1.66 bits per heavy atom. The number of carbonyl (C=O) groups is 1. The number of rotatable bonds is 8. The predicted molar refractivity (Wildman–Crippen MR) is 130 cm³/mol. The number of hydrogen-bond donors (Lipinski definition) is 1. The summed E-state index contributed by atoms with van der Waals surface area (Å²) >= 11 is 0. The summed E-state index contributed by atoms with van der Waals surface area (Å²) in [6, 6.07) is 13.8. The summed E-state index contributed by atoms with van der Waals surface area (Å²) in [5, 5.41) is 2.87. The van der Waals surface area contributed by atoms with E-state index in [1.54, 1.807) is 6.07 Å². The highest BCUT2D eigenvalue weighted by molar-refractivity contribution is 7.90.